The minimum atomic E-state index is 0.948. The number of hydrogen-bond acceptors (Lipinski definition) is 1. The summed E-state index contributed by atoms with van der Waals surface area (Å²) in [4.78, 5) is 16.0. The standard InChI is InChI=1S/C33H42Br2N4/c1-9-20-18(7)26(15-30-22(11-3)24(13-5)32(34)38-30)36-28(20)17-29-21(10-2)19(8)27(37-29)16-31-23(12-4)25(14-6)33(35)39-31/h15-17,36,38-39H,9-14H2,1-8H3/b26-15-,27-16+,28-17+. The van der Waals surface area contributed by atoms with Gasteiger partial charge in [0.05, 0.1) is 20.6 Å². The summed E-state index contributed by atoms with van der Waals surface area (Å²) < 4.78 is 2.18. The fraction of sp³-hybridized carbons (Fsp3) is 0.424. The van der Waals surface area contributed by atoms with Crippen molar-refractivity contribution in [1.29, 1.82) is 0 Å². The lowest BCUT2D eigenvalue weighted by atomic mass is 10.0. The summed E-state index contributed by atoms with van der Waals surface area (Å²) in [6, 6.07) is 0. The average molecular weight is 655 g/mol. The van der Waals surface area contributed by atoms with Crippen LogP contribution in [-0.2, 0) is 32.1 Å². The van der Waals surface area contributed by atoms with Crippen LogP contribution in [0.15, 0.2) is 31.0 Å². The number of nitrogens with zero attached hydrogens (tertiary/aromatic N) is 1. The molecule has 0 amide bonds. The van der Waals surface area contributed by atoms with Crippen LogP contribution in [0.25, 0.3) is 18.2 Å². The van der Waals surface area contributed by atoms with E-state index in [9.17, 15) is 0 Å². The van der Waals surface area contributed by atoms with Crippen molar-refractivity contribution in [2.75, 3.05) is 0 Å². The van der Waals surface area contributed by atoms with E-state index in [0.717, 1.165) is 75.5 Å². The summed E-state index contributed by atoms with van der Waals surface area (Å²) >= 11 is 7.47. The fourth-order valence-electron chi connectivity index (χ4n) is 6.07. The number of hydrogen-bond donors (Lipinski definition) is 3. The highest BCUT2D eigenvalue weighted by Gasteiger charge is 2.20. The minimum Gasteiger partial charge on any atom is -0.355 e. The van der Waals surface area contributed by atoms with E-state index in [1.54, 1.807) is 0 Å². The highest BCUT2D eigenvalue weighted by Crippen LogP contribution is 2.32. The number of aromatic nitrogens is 3. The molecule has 0 unspecified atom stereocenters. The van der Waals surface area contributed by atoms with E-state index >= 15 is 0 Å². The molecule has 0 aromatic carbocycles. The molecule has 3 aromatic heterocycles. The molecule has 0 fully saturated rings. The van der Waals surface area contributed by atoms with E-state index in [-0.39, 0.29) is 0 Å². The van der Waals surface area contributed by atoms with Gasteiger partial charge in [0.25, 0.3) is 0 Å². The lowest BCUT2D eigenvalue weighted by Gasteiger charge is -2.02. The van der Waals surface area contributed by atoms with Gasteiger partial charge in [-0.15, -0.1) is 0 Å². The van der Waals surface area contributed by atoms with Gasteiger partial charge in [-0.2, -0.15) is 0 Å². The van der Waals surface area contributed by atoms with Crippen molar-refractivity contribution >= 4 is 55.8 Å². The van der Waals surface area contributed by atoms with Gasteiger partial charge in [-0.25, -0.2) is 4.99 Å². The normalized spacial score (nSPS) is 15.9. The maximum atomic E-state index is 5.17. The second kappa shape index (κ2) is 12.5. The molecule has 208 valence electrons. The van der Waals surface area contributed by atoms with Crippen LogP contribution in [0.3, 0.4) is 0 Å². The molecule has 0 radical (unpaired) electrons. The maximum absolute atomic E-state index is 5.17. The first-order valence-corrected chi connectivity index (χ1v) is 16.0. The van der Waals surface area contributed by atoms with E-state index in [1.807, 2.05) is 0 Å². The van der Waals surface area contributed by atoms with Gasteiger partial charge in [-0.05, 0) is 147 Å². The monoisotopic (exact) mass is 652 g/mol. The lowest BCUT2D eigenvalue weighted by Crippen LogP contribution is -2.15. The molecule has 0 saturated carbocycles. The van der Waals surface area contributed by atoms with Gasteiger partial charge in [0.2, 0.25) is 0 Å². The molecule has 0 saturated heterocycles. The fourth-order valence-corrected chi connectivity index (χ4v) is 7.54. The number of aliphatic imine (C=N–C) groups is 1. The van der Waals surface area contributed by atoms with Crippen LogP contribution in [0.1, 0.15) is 99.7 Å². The molecule has 0 atom stereocenters. The first kappa shape index (κ1) is 29.7. The van der Waals surface area contributed by atoms with Crippen LogP contribution >= 0.6 is 31.9 Å². The Kier molecular flexibility index (Phi) is 9.49. The zero-order valence-corrected chi connectivity index (χ0v) is 27.8. The molecule has 0 spiro atoms. The van der Waals surface area contributed by atoms with E-state index in [4.69, 9.17) is 4.99 Å². The number of allylic oxidation sites excluding steroid dienone is 2. The molecular formula is C33H42Br2N4. The zero-order valence-electron chi connectivity index (χ0n) is 24.7. The van der Waals surface area contributed by atoms with Crippen molar-refractivity contribution in [2.45, 2.75) is 93.9 Å². The van der Waals surface area contributed by atoms with Crippen LogP contribution in [-0.4, -0.2) is 20.7 Å². The molecule has 0 aliphatic carbocycles. The molecule has 6 heteroatoms. The number of halogens is 2. The van der Waals surface area contributed by atoms with Gasteiger partial charge in [0.15, 0.2) is 0 Å². The Bertz CT molecular complexity index is 1600. The number of nitrogens with one attached hydrogen (secondary N) is 3. The molecule has 0 bridgehead atoms. The molecule has 4 rings (SSSR count). The summed E-state index contributed by atoms with van der Waals surface area (Å²) in [6.45, 7) is 17.8. The van der Waals surface area contributed by atoms with Crippen LogP contribution in [0.5, 0.6) is 0 Å². The first-order valence-electron chi connectivity index (χ1n) is 14.4. The van der Waals surface area contributed by atoms with Crippen molar-refractivity contribution in [1.82, 2.24) is 15.0 Å². The molecule has 3 aromatic rings. The van der Waals surface area contributed by atoms with E-state index in [2.05, 4.69) is 120 Å². The van der Waals surface area contributed by atoms with Crippen molar-refractivity contribution in [3.05, 3.63) is 81.5 Å². The predicted molar refractivity (Wildman–Crippen MR) is 175 cm³/mol. The molecule has 4 nitrogen and oxygen atoms in total. The lowest BCUT2D eigenvalue weighted by molar-refractivity contribution is 1.05. The number of rotatable bonds is 9. The Hall–Kier alpha value is -2.31. The van der Waals surface area contributed by atoms with Crippen molar-refractivity contribution in [2.24, 2.45) is 4.99 Å². The van der Waals surface area contributed by atoms with E-state index in [0.29, 0.717) is 0 Å². The Morgan fingerprint density at radius 1 is 0.590 bits per heavy atom. The zero-order chi connectivity index (χ0) is 28.4. The maximum Gasteiger partial charge on any atom is 0.0859 e. The molecular weight excluding hydrogens is 612 g/mol. The number of H-pyrrole nitrogens is 3. The highest BCUT2D eigenvalue weighted by molar-refractivity contribution is 9.10. The Balaban J connectivity index is 1.85. The SMILES string of the molecule is CCC1=C(C)/C(=C\c2[nH]c(Br)c(CC)c2CC)N=C1/C=c1/[nH]/c(=C\c2[nH]c(Br)c(CC)c2CC)c(C)c1CC. The van der Waals surface area contributed by atoms with Crippen molar-refractivity contribution in [3.8, 4) is 0 Å². The Morgan fingerprint density at radius 2 is 1.10 bits per heavy atom. The third-order valence-corrected chi connectivity index (χ3v) is 9.56. The quantitative estimate of drug-likeness (QED) is 0.209. The van der Waals surface area contributed by atoms with Gasteiger partial charge in [0.1, 0.15) is 0 Å². The van der Waals surface area contributed by atoms with Crippen molar-refractivity contribution in [3.63, 3.8) is 0 Å². The Labute approximate surface area is 250 Å². The van der Waals surface area contributed by atoms with E-state index in [1.165, 1.54) is 50.2 Å². The van der Waals surface area contributed by atoms with Gasteiger partial charge in [-0.1, -0.05) is 41.5 Å². The van der Waals surface area contributed by atoms with Crippen LogP contribution in [0.4, 0.5) is 0 Å². The average Bonchev–Trinajstić information content (AvgIpc) is 3.59. The largest absolute Gasteiger partial charge is 0.355 e. The Morgan fingerprint density at radius 3 is 1.59 bits per heavy atom. The molecule has 4 heterocycles. The van der Waals surface area contributed by atoms with Crippen LogP contribution in [0.2, 0.25) is 0 Å². The summed E-state index contributed by atoms with van der Waals surface area (Å²) in [5.41, 5.74) is 15.2. The highest BCUT2D eigenvalue weighted by atomic mass is 79.9. The van der Waals surface area contributed by atoms with Gasteiger partial charge in [0, 0.05) is 22.1 Å². The van der Waals surface area contributed by atoms with Crippen LogP contribution < -0.4 is 10.7 Å². The second-order valence-electron chi connectivity index (χ2n) is 10.2. The third-order valence-electron chi connectivity index (χ3n) is 8.21. The minimum absolute atomic E-state index is 0.948. The first-order chi connectivity index (χ1) is 18.7. The van der Waals surface area contributed by atoms with Gasteiger partial charge < -0.3 is 15.0 Å². The predicted octanol–water partition coefficient (Wildman–Crippen LogP) is 8.15. The summed E-state index contributed by atoms with van der Waals surface area (Å²) in [7, 11) is 0. The molecule has 3 N–H and O–H groups in total. The summed E-state index contributed by atoms with van der Waals surface area (Å²) in [6.07, 6.45) is 12.7. The van der Waals surface area contributed by atoms with Crippen LogP contribution in [0, 0.1) is 6.92 Å². The van der Waals surface area contributed by atoms with Gasteiger partial charge in [-0.3, -0.25) is 0 Å². The summed E-state index contributed by atoms with van der Waals surface area (Å²) in [5.74, 6) is 0. The molecule has 39 heavy (non-hydrogen) atoms. The third kappa shape index (κ3) is 5.52. The molecule has 1 aliphatic heterocycles. The number of aromatic amines is 3. The molecule has 1 aliphatic rings. The summed E-state index contributed by atoms with van der Waals surface area (Å²) in [5, 5.41) is 2.32. The van der Waals surface area contributed by atoms with Crippen molar-refractivity contribution < 1.29 is 0 Å². The second-order valence-corrected chi connectivity index (χ2v) is 11.8. The smallest absolute Gasteiger partial charge is 0.0859 e. The topological polar surface area (TPSA) is 59.7 Å². The van der Waals surface area contributed by atoms with E-state index < -0.39 is 0 Å². The van der Waals surface area contributed by atoms with Gasteiger partial charge >= 0.3 is 0 Å².